The van der Waals surface area contributed by atoms with Crippen molar-refractivity contribution in [2.24, 2.45) is 0 Å². The molecule has 0 aromatic heterocycles. The van der Waals surface area contributed by atoms with Crippen LogP contribution in [0.5, 0.6) is 0 Å². The lowest BCUT2D eigenvalue weighted by atomic mass is 10.3. The lowest BCUT2D eigenvalue weighted by Gasteiger charge is -2.08. The first-order valence-corrected chi connectivity index (χ1v) is 6.42. The SMILES string of the molecule is CC(O)S(=O)(=O)CCNc1ccccc1. The zero-order valence-corrected chi connectivity index (χ0v) is 9.37. The summed E-state index contributed by atoms with van der Waals surface area (Å²) in [5, 5.41) is 11.9. The first-order valence-electron chi connectivity index (χ1n) is 4.71. The standard InChI is InChI=1S/C10H15NO3S/c1-9(12)15(13,14)8-7-11-10-5-3-2-4-6-10/h2-6,9,11-12H,7-8H2,1H3. The van der Waals surface area contributed by atoms with Crippen LogP contribution in [0.3, 0.4) is 0 Å². The van der Waals surface area contributed by atoms with Gasteiger partial charge in [-0.15, -0.1) is 0 Å². The van der Waals surface area contributed by atoms with Gasteiger partial charge in [-0.3, -0.25) is 0 Å². The molecule has 0 aliphatic rings. The van der Waals surface area contributed by atoms with Crippen LogP contribution in [-0.4, -0.2) is 31.3 Å². The van der Waals surface area contributed by atoms with E-state index in [1.807, 2.05) is 30.3 Å². The second kappa shape index (κ2) is 5.14. The minimum atomic E-state index is -3.38. The van der Waals surface area contributed by atoms with E-state index in [0.29, 0.717) is 6.54 Å². The number of para-hydroxylation sites is 1. The van der Waals surface area contributed by atoms with Crippen molar-refractivity contribution in [3.63, 3.8) is 0 Å². The largest absolute Gasteiger partial charge is 0.384 e. The molecule has 0 aliphatic carbocycles. The van der Waals surface area contributed by atoms with E-state index >= 15 is 0 Å². The van der Waals surface area contributed by atoms with Crippen molar-refractivity contribution in [2.45, 2.75) is 12.4 Å². The highest BCUT2D eigenvalue weighted by Crippen LogP contribution is 2.05. The topological polar surface area (TPSA) is 66.4 Å². The van der Waals surface area contributed by atoms with Crippen molar-refractivity contribution in [2.75, 3.05) is 17.6 Å². The van der Waals surface area contributed by atoms with Crippen LogP contribution in [0.25, 0.3) is 0 Å². The van der Waals surface area contributed by atoms with E-state index in [1.54, 1.807) is 0 Å². The maximum absolute atomic E-state index is 11.2. The Morgan fingerprint density at radius 1 is 1.33 bits per heavy atom. The molecule has 0 aliphatic heterocycles. The molecule has 0 heterocycles. The number of benzene rings is 1. The van der Waals surface area contributed by atoms with Crippen LogP contribution in [0.2, 0.25) is 0 Å². The fourth-order valence-corrected chi connectivity index (χ4v) is 1.79. The van der Waals surface area contributed by atoms with Crippen molar-refractivity contribution >= 4 is 15.5 Å². The van der Waals surface area contributed by atoms with Crippen LogP contribution in [0.15, 0.2) is 30.3 Å². The lowest BCUT2D eigenvalue weighted by molar-refractivity contribution is 0.268. The number of hydrogen-bond acceptors (Lipinski definition) is 4. The van der Waals surface area contributed by atoms with Gasteiger partial charge in [0.2, 0.25) is 0 Å². The minimum Gasteiger partial charge on any atom is -0.384 e. The Hall–Kier alpha value is -1.07. The average Bonchev–Trinajstić information content (AvgIpc) is 2.19. The van der Waals surface area contributed by atoms with Gasteiger partial charge in [0.25, 0.3) is 0 Å². The summed E-state index contributed by atoms with van der Waals surface area (Å²) in [5.41, 5.74) is -0.423. The van der Waals surface area contributed by atoms with Gasteiger partial charge in [0.05, 0.1) is 5.75 Å². The second-order valence-corrected chi connectivity index (χ2v) is 5.68. The van der Waals surface area contributed by atoms with Crippen molar-refractivity contribution in [1.29, 1.82) is 0 Å². The van der Waals surface area contributed by atoms with Gasteiger partial charge < -0.3 is 10.4 Å². The summed E-state index contributed by atoms with van der Waals surface area (Å²) in [6.45, 7) is 1.56. The fraction of sp³-hybridized carbons (Fsp3) is 0.400. The molecular weight excluding hydrogens is 214 g/mol. The predicted octanol–water partition coefficient (Wildman–Crippen LogP) is 0.852. The summed E-state index contributed by atoms with van der Waals surface area (Å²) in [6.07, 6.45) is 0. The highest BCUT2D eigenvalue weighted by Gasteiger charge is 2.16. The maximum Gasteiger partial charge on any atom is 0.178 e. The summed E-state index contributed by atoms with van der Waals surface area (Å²) < 4.78 is 22.5. The Morgan fingerprint density at radius 2 is 1.93 bits per heavy atom. The molecule has 1 rings (SSSR count). The van der Waals surface area contributed by atoms with E-state index in [2.05, 4.69) is 5.32 Å². The number of anilines is 1. The summed E-state index contributed by atoms with van der Waals surface area (Å²) in [7, 11) is -3.38. The Labute approximate surface area is 89.9 Å². The van der Waals surface area contributed by atoms with Crippen molar-refractivity contribution in [3.8, 4) is 0 Å². The van der Waals surface area contributed by atoms with Gasteiger partial charge in [-0.2, -0.15) is 0 Å². The van der Waals surface area contributed by atoms with Gasteiger partial charge in [0.15, 0.2) is 15.3 Å². The monoisotopic (exact) mass is 229 g/mol. The van der Waals surface area contributed by atoms with Gasteiger partial charge in [-0.1, -0.05) is 18.2 Å². The molecule has 84 valence electrons. The average molecular weight is 229 g/mol. The molecule has 0 saturated heterocycles. The molecule has 0 spiro atoms. The number of hydrogen-bond donors (Lipinski definition) is 2. The minimum absolute atomic E-state index is 0.0699. The number of aliphatic hydroxyl groups excluding tert-OH is 1. The third-order valence-electron chi connectivity index (χ3n) is 2.01. The molecule has 1 unspecified atom stereocenters. The van der Waals surface area contributed by atoms with E-state index in [0.717, 1.165) is 5.69 Å². The second-order valence-electron chi connectivity index (χ2n) is 3.26. The molecule has 2 N–H and O–H groups in total. The molecule has 1 aromatic rings. The fourth-order valence-electron chi connectivity index (χ4n) is 1.06. The molecule has 0 radical (unpaired) electrons. The van der Waals surface area contributed by atoms with E-state index < -0.39 is 15.3 Å². The van der Waals surface area contributed by atoms with Crippen molar-refractivity contribution in [3.05, 3.63) is 30.3 Å². The van der Waals surface area contributed by atoms with Crippen LogP contribution < -0.4 is 5.32 Å². The normalized spacial score (nSPS) is 13.5. The van der Waals surface area contributed by atoms with Gasteiger partial charge in [0, 0.05) is 12.2 Å². The molecule has 5 heteroatoms. The molecule has 1 aromatic carbocycles. The third kappa shape index (κ3) is 3.89. The Bertz CT molecular complexity index is 386. The van der Waals surface area contributed by atoms with E-state index in [-0.39, 0.29) is 5.75 Å². The number of nitrogens with one attached hydrogen (secondary N) is 1. The molecule has 15 heavy (non-hydrogen) atoms. The van der Waals surface area contributed by atoms with Gasteiger partial charge >= 0.3 is 0 Å². The lowest BCUT2D eigenvalue weighted by Crippen LogP contribution is -2.24. The quantitative estimate of drug-likeness (QED) is 0.785. The van der Waals surface area contributed by atoms with E-state index in [9.17, 15) is 8.42 Å². The van der Waals surface area contributed by atoms with Gasteiger partial charge in [-0.05, 0) is 19.1 Å². The highest BCUT2D eigenvalue weighted by atomic mass is 32.2. The number of sulfone groups is 1. The predicted molar refractivity (Wildman–Crippen MR) is 60.4 cm³/mol. The smallest absolute Gasteiger partial charge is 0.178 e. The molecule has 0 fully saturated rings. The van der Waals surface area contributed by atoms with E-state index in [4.69, 9.17) is 5.11 Å². The zero-order valence-electron chi connectivity index (χ0n) is 8.55. The van der Waals surface area contributed by atoms with Crippen LogP contribution in [0, 0.1) is 0 Å². The molecule has 0 saturated carbocycles. The first kappa shape index (κ1) is 12.0. The highest BCUT2D eigenvalue weighted by molar-refractivity contribution is 7.91. The maximum atomic E-state index is 11.2. The van der Waals surface area contributed by atoms with Crippen LogP contribution in [-0.2, 0) is 9.84 Å². The molecule has 0 amide bonds. The summed E-state index contributed by atoms with van der Waals surface area (Å²) in [6, 6.07) is 9.33. The summed E-state index contributed by atoms with van der Waals surface area (Å²) in [4.78, 5) is 0. The van der Waals surface area contributed by atoms with Gasteiger partial charge in [-0.25, -0.2) is 8.42 Å². The Kier molecular flexibility index (Phi) is 4.11. The third-order valence-corrected chi connectivity index (χ3v) is 3.82. The first-order chi connectivity index (χ1) is 7.02. The molecule has 4 nitrogen and oxygen atoms in total. The summed E-state index contributed by atoms with van der Waals surface area (Å²) in [5.74, 6) is -0.0699. The molecular formula is C10H15NO3S. The van der Waals surface area contributed by atoms with Gasteiger partial charge in [0.1, 0.15) is 0 Å². The van der Waals surface area contributed by atoms with Crippen molar-refractivity contribution in [1.82, 2.24) is 0 Å². The van der Waals surface area contributed by atoms with E-state index in [1.165, 1.54) is 6.92 Å². The number of rotatable bonds is 5. The van der Waals surface area contributed by atoms with Crippen LogP contribution >= 0.6 is 0 Å². The summed E-state index contributed by atoms with van der Waals surface area (Å²) >= 11 is 0. The molecule has 1 atom stereocenters. The Balaban J connectivity index is 2.41. The molecule has 0 bridgehead atoms. The zero-order chi connectivity index (χ0) is 11.3. The Morgan fingerprint density at radius 3 is 2.47 bits per heavy atom. The van der Waals surface area contributed by atoms with Crippen LogP contribution in [0.4, 0.5) is 5.69 Å². The number of aliphatic hydroxyl groups is 1. The van der Waals surface area contributed by atoms with Crippen molar-refractivity contribution < 1.29 is 13.5 Å². The van der Waals surface area contributed by atoms with Crippen LogP contribution in [0.1, 0.15) is 6.92 Å².